The van der Waals surface area contributed by atoms with E-state index in [2.05, 4.69) is 11.4 Å². The summed E-state index contributed by atoms with van der Waals surface area (Å²) < 4.78 is 0. The number of anilines is 1. The van der Waals surface area contributed by atoms with Gasteiger partial charge in [0.05, 0.1) is 0 Å². The maximum absolute atomic E-state index is 10.8. The van der Waals surface area contributed by atoms with Gasteiger partial charge in [0.25, 0.3) is 0 Å². The minimum Gasteiger partial charge on any atom is -0.480 e. The molecule has 2 N–H and O–H groups in total. The maximum Gasteiger partial charge on any atom is 0.326 e. The first-order valence-electron chi connectivity index (χ1n) is 4.75. The standard InChI is InChI=1S/C11H13NO2.ClH/c1-7-2-4-9-8(6-7)3-5-10(12-9)11(13)14;/h2,4,6,10,12H,3,5H2,1H3,(H,13,14);1H. The second-order valence-corrected chi connectivity index (χ2v) is 3.73. The Balaban J connectivity index is 0.00000112. The molecular weight excluding hydrogens is 214 g/mol. The minimum absolute atomic E-state index is 0. The van der Waals surface area contributed by atoms with Crippen LogP contribution < -0.4 is 5.32 Å². The normalized spacial score (nSPS) is 18.3. The molecule has 0 radical (unpaired) electrons. The number of rotatable bonds is 1. The van der Waals surface area contributed by atoms with E-state index in [1.165, 1.54) is 11.1 Å². The van der Waals surface area contributed by atoms with Crippen molar-refractivity contribution in [3.8, 4) is 0 Å². The fourth-order valence-electron chi connectivity index (χ4n) is 1.82. The molecule has 0 bridgehead atoms. The molecule has 1 aromatic carbocycles. The van der Waals surface area contributed by atoms with Crippen molar-refractivity contribution >= 4 is 24.1 Å². The van der Waals surface area contributed by atoms with E-state index in [1.54, 1.807) is 0 Å². The van der Waals surface area contributed by atoms with E-state index in [4.69, 9.17) is 5.11 Å². The second kappa shape index (κ2) is 4.53. The number of benzene rings is 1. The van der Waals surface area contributed by atoms with Crippen LogP contribution in [0.4, 0.5) is 5.69 Å². The number of carboxylic acids is 1. The summed E-state index contributed by atoms with van der Waals surface area (Å²) in [7, 11) is 0. The van der Waals surface area contributed by atoms with E-state index in [1.807, 2.05) is 19.1 Å². The van der Waals surface area contributed by atoms with Gasteiger partial charge in [-0.25, -0.2) is 4.79 Å². The second-order valence-electron chi connectivity index (χ2n) is 3.73. The van der Waals surface area contributed by atoms with Gasteiger partial charge >= 0.3 is 5.97 Å². The highest BCUT2D eigenvalue weighted by Gasteiger charge is 2.22. The van der Waals surface area contributed by atoms with Crippen LogP contribution in [-0.2, 0) is 11.2 Å². The Labute approximate surface area is 94.9 Å². The summed E-state index contributed by atoms with van der Waals surface area (Å²) in [6.07, 6.45) is 1.52. The summed E-state index contributed by atoms with van der Waals surface area (Å²) in [4.78, 5) is 10.8. The summed E-state index contributed by atoms with van der Waals surface area (Å²) in [5, 5.41) is 11.9. The van der Waals surface area contributed by atoms with Crippen LogP contribution in [0.1, 0.15) is 17.5 Å². The maximum atomic E-state index is 10.8. The number of carbonyl (C=O) groups is 1. The number of carboxylic acid groups (broad SMARTS) is 1. The third-order valence-electron chi connectivity index (χ3n) is 2.59. The Morgan fingerprint density at radius 1 is 1.53 bits per heavy atom. The van der Waals surface area contributed by atoms with E-state index in [0.717, 1.165) is 12.1 Å². The molecule has 1 heterocycles. The van der Waals surface area contributed by atoms with Crippen molar-refractivity contribution in [2.24, 2.45) is 0 Å². The van der Waals surface area contributed by atoms with Crippen LogP contribution in [0.2, 0.25) is 0 Å². The van der Waals surface area contributed by atoms with Crippen molar-refractivity contribution in [3.05, 3.63) is 29.3 Å². The number of aryl methyl sites for hydroxylation is 2. The van der Waals surface area contributed by atoms with Gasteiger partial charge in [-0.3, -0.25) is 0 Å². The first kappa shape index (κ1) is 11.9. The molecule has 0 saturated heterocycles. The van der Waals surface area contributed by atoms with Crippen LogP contribution in [0.15, 0.2) is 18.2 Å². The first-order valence-corrected chi connectivity index (χ1v) is 4.75. The molecule has 3 nitrogen and oxygen atoms in total. The van der Waals surface area contributed by atoms with Gasteiger partial charge < -0.3 is 10.4 Å². The van der Waals surface area contributed by atoms with Gasteiger partial charge in [0.15, 0.2) is 0 Å². The average molecular weight is 228 g/mol. The van der Waals surface area contributed by atoms with E-state index in [0.29, 0.717) is 6.42 Å². The largest absolute Gasteiger partial charge is 0.480 e. The summed E-state index contributed by atoms with van der Waals surface area (Å²) in [5.74, 6) is -0.767. The quantitative estimate of drug-likeness (QED) is 0.774. The van der Waals surface area contributed by atoms with Crippen molar-refractivity contribution in [2.75, 3.05) is 5.32 Å². The van der Waals surface area contributed by atoms with Crippen LogP contribution in [0.5, 0.6) is 0 Å². The average Bonchev–Trinajstić information content (AvgIpc) is 2.16. The Hall–Kier alpha value is -1.22. The lowest BCUT2D eigenvalue weighted by Crippen LogP contribution is -2.33. The molecule has 0 saturated carbocycles. The van der Waals surface area contributed by atoms with Crippen molar-refractivity contribution in [1.29, 1.82) is 0 Å². The summed E-state index contributed by atoms with van der Waals surface area (Å²) in [6.45, 7) is 2.05. The molecule has 0 amide bonds. The van der Waals surface area contributed by atoms with Gasteiger partial charge in [0.2, 0.25) is 0 Å². The zero-order chi connectivity index (χ0) is 10.1. The highest BCUT2D eigenvalue weighted by atomic mass is 35.5. The van der Waals surface area contributed by atoms with Gasteiger partial charge in [-0.05, 0) is 31.4 Å². The van der Waals surface area contributed by atoms with Gasteiger partial charge in [-0.15, -0.1) is 12.4 Å². The molecule has 2 rings (SSSR count). The Kier molecular flexibility index (Phi) is 3.58. The predicted octanol–water partition coefficient (Wildman–Crippen LogP) is 2.23. The Bertz CT molecular complexity index is 379. The van der Waals surface area contributed by atoms with Gasteiger partial charge in [-0.2, -0.15) is 0 Å². The van der Waals surface area contributed by atoms with Crippen LogP contribution in [0.3, 0.4) is 0 Å². The SMILES string of the molecule is Cc1ccc2c(c1)CCC(C(=O)O)N2.Cl. The molecule has 1 unspecified atom stereocenters. The fourth-order valence-corrected chi connectivity index (χ4v) is 1.82. The summed E-state index contributed by atoms with van der Waals surface area (Å²) in [6, 6.07) is 5.64. The lowest BCUT2D eigenvalue weighted by molar-refractivity contribution is -0.138. The summed E-state index contributed by atoms with van der Waals surface area (Å²) >= 11 is 0. The number of fused-ring (bicyclic) bond motifs is 1. The highest BCUT2D eigenvalue weighted by molar-refractivity contribution is 5.85. The predicted molar refractivity (Wildman–Crippen MR) is 61.8 cm³/mol. The number of nitrogens with one attached hydrogen (secondary N) is 1. The molecule has 0 fully saturated rings. The van der Waals surface area contributed by atoms with Crippen molar-refractivity contribution in [3.63, 3.8) is 0 Å². The molecule has 1 aromatic rings. The highest BCUT2D eigenvalue weighted by Crippen LogP contribution is 2.25. The van der Waals surface area contributed by atoms with Crippen molar-refractivity contribution < 1.29 is 9.90 Å². The lowest BCUT2D eigenvalue weighted by atomic mass is 9.97. The number of halogens is 1. The van der Waals surface area contributed by atoms with Gasteiger partial charge in [-0.1, -0.05) is 17.7 Å². The van der Waals surface area contributed by atoms with Crippen LogP contribution in [-0.4, -0.2) is 17.1 Å². The lowest BCUT2D eigenvalue weighted by Gasteiger charge is -2.24. The van der Waals surface area contributed by atoms with Crippen LogP contribution in [0.25, 0.3) is 0 Å². The van der Waals surface area contributed by atoms with E-state index in [9.17, 15) is 4.79 Å². The number of hydrogen-bond acceptors (Lipinski definition) is 2. The zero-order valence-corrected chi connectivity index (χ0v) is 9.30. The molecule has 0 spiro atoms. The molecule has 1 aliphatic rings. The zero-order valence-electron chi connectivity index (χ0n) is 8.49. The first-order chi connectivity index (χ1) is 6.66. The van der Waals surface area contributed by atoms with Crippen molar-refractivity contribution in [2.45, 2.75) is 25.8 Å². The van der Waals surface area contributed by atoms with E-state index < -0.39 is 12.0 Å². The Morgan fingerprint density at radius 2 is 2.27 bits per heavy atom. The fraction of sp³-hybridized carbons (Fsp3) is 0.364. The molecule has 0 aliphatic carbocycles. The minimum atomic E-state index is -0.767. The molecule has 0 aromatic heterocycles. The molecule has 15 heavy (non-hydrogen) atoms. The third-order valence-corrected chi connectivity index (χ3v) is 2.59. The van der Waals surface area contributed by atoms with E-state index >= 15 is 0 Å². The van der Waals surface area contributed by atoms with Crippen molar-refractivity contribution in [1.82, 2.24) is 0 Å². The number of aliphatic carboxylic acids is 1. The monoisotopic (exact) mass is 227 g/mol. The molecular formula is C11H14ClNO2. The molecule has 1 aliphatic heterocycles. The Morgan fingerprint density at radius 3 is 2.93 bits per heavy atom. The van der Waals surface area contributed by atoms with E-state index in [-0.39, 0.29) is 12.4 Å². The van der Waals surface area contributed by atoms with Crippen LogP contribution in [0, 0.1) is 6.92 Å². The molecule has 1 atom stereocenters. The third kappa shape index (κ3) is 2.42. The van der Waals surface area contributed by atoms with Gasteiger partial charge in [0, 0.05) is 5.69 Å². The number of hydrogen-bond donors (Lipinski definition) is 2. The smallest absolute Gasteiger partial charge is 0.326 e. The molecule has 82 valence electrons. The topological polar surface area (TPSA) is 49.3 Å². The van der Waals surface area contributed by atoms with Crippen LogP contribution >= 0.6 is 12.4 Å². The van der Waals surface area contributed by atoms with Gasteiger partial charge in [0.1, 0.15) is 6.04 Å². The molecule has 4 heteroatoms. The summed E-state index contributed by atoms with van der Waals surface area (Å²) in [5.41, 5.74) is 3.41.